The van der Waals surface area contributed by atoms with Crippen LogP contribution in [0.25, 0.3) is 22.3 Å². The molecular weight excluding hydrogens is 340 g/mol. The van der Waals surface area contributed by atoms with Gasteiger partial charge in [-0.05, 0) is 51.1 Å². The van der Waals surface area contributed by atoms with E-state index in [9.17, 15) is 5.11 Å². The van der Waals surface area contributed by atoms with E-state index in [2.05, 4.69) is 84.9 Å². The van der Waals surface area contributed by atoms with Crippen molar-refractivity contribution in [1.29, 1.82) is 0 Å². The van der Waals surface area contributed by atoms with Crippen LogP contribution < -0.4 is 0 Å². The number of fused-ring (bicyclic) bond motifs is 2. The number of benzene rings is 1. The second kappa shape index (κ2) is 6.86. The molecule has 0 bridgehead atoms. The Balaban J connectivity index is 1.76. The lowest BCUT2D eigenvalue weighted by Gasteiger charge is -2.20. The van der Waals surface area contributed by atoms with Gasteiger partial charge >= 0.3 is 0 Å². The van der Waals surface area contributed by atoms with Crippen LogP contribution in [0.15, 0.2) is 109 Å². The van der Waals surface area contributed by atoms with Crippen molar-refractivity contribution in [3.63, 3.8) is 0 Å². The predicted molar refractivity (Wildman–Crippen MR) is 115 cm³/mol. The quantitative estimate of drug-likeness (QED) is 0.376. The van der Waals surface area contributed by atoms with Gasteiger partial charge < -0.3 is 5.11 Å². The summed E-state index contributed by atoms with van der Waals surface area (Å²) in [4.78, 5) is 0. The summed E-state index contributed by atoms with van der Waals surface area (Å²) in [5, 5.41) is 9.81. The molecule has 28 heavy (non-hydrogen) atoms. The smallest absolute Gasteiger partial charge is 0.115 e. The van der Waals surface area contributed by atoms with Gasteiger partial charge in [0.15, 0.2) is 0 Å². The van der Waals surface area contributed by atoms with Crippen molar-refractivity contribution in [3.05, 3.63) is 126 Å². The number of hydrogen-bond acceptors (Lipinski definition) is 1. The lowest BCUT2D eigenvalue weighted by molar-refractivity contribution is 0.475. The Morgan fingerprint density at radius 3 is 1.50 bits per heavy atom. The number of rotatable bonds is 3. The topological polar surface area (TPSA) is 20.2 Å². The Morgan fingerprint density at radius 2 is 0.964 bits per heavy atom. The summed E-state index contributed by atoms with van der Waals surface area (Å²) in [6, 6.07) is 37.7. The Kier molecular flexibility index (Phi) is 4.06. The third-order valence-electron chi connectivity index (χ3n) is 5.50. The zero-order valence-electron chi connectivity index (χ0n) is 15.4. The summed E-state index contributed by atoms with van der Waals surface area (Å²) in [5.41, 5.74) is 8.76. The molecule has 0 saturated heterocycles. The first kappa shape index (κ1) is 16.6. The standard InChI is InChI=1S/C27H20O/c28-22-15-11-21(12-16-22)27(25-17-13-19-7-3-1-5-9-23(19)25)26-18-14-20-8-4-2-6-10-24(20)26/h1-18,27-28H. The molecule has 1 aromatic rings. The lowest BCUT2D eigenvalue weighted by atomic mass is 9.83. The molecule has 1 aromatic carbocycles. The third kappa shape index (κ3) is 2.82. The van der Waals surface area contributed by atoms with Gasteiger partial charge in [0.05, 0.1) is 0 Å². The van der Waals surface area contributed by atoms with Crippen LogP contribution in [0.2, 0.25) is 0 Å². The molecule has 4 aliphatic carbocycles. The van der Waals surface area contributed by atoms with E-state index in [0.717, 1.165) is 0 Å². The Morgan fingerprint density at radius 1 is 0.464 bits per heavy atom. The lowest BCUT2D eigenvalue weighted by Crippen LogP contribution is -2.03. The molecule has 1 heteroatoms. The highest BCUT2D eigenvalue weighted by Crippen LogP contribution is 2.44. The van der Waals surface area contributed by atoms with E-state index in [-0.39, 0.29) is 5.92 Å². The fraction of sp³-hybridized carbons (Fsp3) is 0.0370. The molecule has 0 unspecified atom stereocenters. The monoisotopic (exact) mass is 360 g/mol. The largest absolute Gasteiger partial charge is 0.508 e. The van der Waals surface area contributed by atoms with E-state index in [4.69, 9.17) is 0 Å². The van der Waals surface area contributed by atoms with E-state index in [1.807, 2.05) is 12.1 Å². The van der Waals surface area contributed by atoms with Gasteiger partial charge in [0.1, 0.15) is 5.75 Å². The minimum absolute atomic E-state index is 0.0976. The van der Waals surface area contributed by atoms with Gasteiger partial charge in [0.2, 0.25) is 0 Å². The molecule has 0 atom stereocenters. The van der Waals surface area contributed by atoms with E-state index in [1.54, 1.807) is 12.1 Å². The van der Waals surface area contributed by atoms with Gasteiger partial charge in [-0.1, -0.05) is 97.1 Å². The Hall–Kier alpha value is -3.58. The van der Waals surface area contributed by atoms with Crippen LogP contribution in [-0.2, 0) is 0 Å². The second-order valence-corrected chi connectivity index (χ2v) is 7.16. The number of aromatic hydroxyl groups is 1. The van der Waals surface area contributed by atoms with Crippen LogP contribution in [0.3, 0.4) is 0 Å². The fourth-order valence-corrected chi connectivity index (χ4v) is 4.17. The summed E-state index contributed by atoms with van der Waals surface area (Å²) in [7, 11) is 0. The molecule has 134 valence electrons. The fourth-order valence-electron chi connectivity index (χ4n) is 4.17. The van der Waals surface area contributed by atoms with Crippen LogP contribution in [0, 0.1) is 0 Å². The van der Waals surface area contributed by atoms with Crippen molar-refractivity contribution < 1.29 is 5.11 Å². The molecule has 4 aliphatic rings. The maximum Gasteiger partial charge on any atom is 0.115 e. The molecule has 5 rings (SSSR count). The SMILES string of the molecule is Oc1ccc(C(c2ccc3cccccc2-3)c2ccc3cccccc2-3)cc1. The van der Waals surface area contributed by atoms with E-state index in [1.165, 1.54) is 38.9 Å². The summed E-state index contributed by atoms with van der Waals surface area (Å²) >= 11 is 0. The summed E-state index contributed by atoms with van der Waals surface area (Å²) < 4.78 is 0. The van der Waals surface area contributed by atoms with Gasteiger partial charge in [-0.2, -0.15) is 0 Å². The van der Waals surface area contributed by atoms with Crippen LogP contribution >= 0.6 is 0 Å². The van der Waals surface area contributed by atoms with Gasteiger partial charge in [-0.3, -0.25) is 0 Å². The van der Waals surface area contributed by atoms with Crippen molar-refractivity contribution in [3.8, 4) is 28.0 Å². The first-order chi connectivity index (χ1) is 13.8. The van der Waals surface area contributed by atoms with Crippen molar-refractivity contribution in [2.75, 3.05) is 0 Å². The average Bonchev–Trinajstić information content (AvgIpc) is 3.09. The van der Waals surface area contributed by atoms with Gasteiger partial charge in [-0.25, -0.2) is 0 Å². The third-order valence-corrected chi connectivity index (χ3v) is 5.50. The molecule has 0 heterocycles. The number of phenols is 1. The maximum absolute atomic E-state index is 9.81. The molecule has 0 amide bonds. The first-order valence-corrected chi connectivity index (χ1v) is 9.55. The number of phenolic OH excluding ortho intramolecular Hbond substituents is 1. The zero-order chi connectivity index (χ0) is 18.9. The molecule has 1 N–H and O–H groups in total. The van der Waals surface area contributed by atoms with Crippen molar-refractivity contribution >= 4 is 0 Å². The van der Waals surface area contributed by atoms with Gasteiger partial charge in [-0.15, -0.1) is 0 Å². The van der Waals surface area contributed by atoms with Crippen molar-refractivity contribution in [2.45, 2.75) is 5.92 Å². The molecule has 0 saturated carbocycles. The predicted octanol–water partition coefficient (Wildman–Crippen LogP) is 6.78. The van der Waals surface area contributed by atoms with Crippen LogP contribution in [0.5, 0.6) is 5.75 Å². The molecule has 0 fully saturated rings. The second-order valence-electron chi connectivity index (χ2n) is 7.16. The highest BCUT2D eigenvalue weighted by Gasteiger charge is 2.25. The maximum atomic E-state index is 9.81. The Bertz CT molecular complexity index is 1100. The zero-order valence-corrected chi connectivity index (χ0v) is 15.4. The van der Waals surface area contributed by atoms with Crippen molar-refractivity contribution in [2.24, 2.45) is 0 Å². The highest BCUT2D eigenvalue weighted by atomic mass is 16.3. The van der Waals surface area contributed by atoms with Crippen LogP contribution in [-0.4, -0.2) is 5.11 Å². The Labute approximate surface area is 165 Å². The van der Waals surface area contributed by atoms with Gasteiger partial charge in [0.25, 0.3) is 0 Å². The molecule has 0 aromatic heterocycles. The normalized spacial score (nSPS) is 11.3. The molecule has 0 radical (unpaired) electrons. The minimum Gasteiger partial charge on any atom is -0.508 e. The summed E-state index contributed by atoms with van der Waals surface area (Å²) in [6.45, 7) is 0. The van der Waals surface area contributed by atoms with Gasteiger partial charge in [0, 0.05) is 5.92 Å². The molecular formula is C27H20O. The molecule has 1 nitrogen and oxygen atoms in total. The van der Waals surface area contributed by atoms with Crippen LogP contribution in [0.4, 0.5) is 0 Å². The molecule has 0 aliphatic heterocycles. The van der Waals surface area contributed by atoms with Crippen LogP contribution in [0.1, 0.15) is 22.6 Å². The van der Waals surface area contributed by atoms with E-state index < -0.39 is 0 Å². The van der Waals surface area contributed by atoms with Crippen molar-refractivity contribution in [1.82, 2.24) is 0 Å². The highest BCUT2D eigenvalue weighted by molar-refractivity contribution is 5.78. The first-order valence-electron chi connectivity index (χ1n) is 9.55. The summed E-state index contributed by atoms with van der Waals surface area (Å²) in [5.74, 6) is 0.389. The van der Waals surface area contributed by atoms with E-state index in [0.29, 0.717) is 5.75 Å². The molecule has 0 spiro atoms. The minimum atomic E-state index is 0.0976. The average molecular weight is 360 g/mol. The summed E-state index contributed by atoms with van der Waals surface area (Å²) in [6.07, 6.45) is 0. The number of hydrogen-bond donors (Lipinski definition) is 1. The van der Waals surface area contributed by atoms with E-state index >= 15 is 0 Å².